The van der Waals surface area contributed by atoms with Crippen LogP contribution in [-0.2, 0) is 27.5 Å². The molecule has 0 aromatic heterocycles. The zero-order valence-electron chi connectivity index (χ0n) is 36.6. The molecule has 324 valence electrons. The van der Waals surface area contributed by atoms with E-state index < -0.39 is 0 Å². The van der Waals surface area contributed by atoms with Gasteiger partial charge < -0.3 is 19.7 Å². The molecule has 2 aromatic rings. The summed E-state index contributed by atoms with van der Waals surface area (Å²) in [7, 11) is 0. The van der Waals surface area contributed by atoms with E-state index in [2.05, 4.69) is 54.4 Å². The number of allylic oxidation sites excluding steroid dienone is 4. The number of hydrogen-bond donors (Lipinski definition) is 1. The van der Waals surface area contributed by atoms with Crippen LogP contribution in [0, 0.1) is 17.3 Å². The van der Waals surface area contributed by atoms with Gasteiger partial charge >= 0.3 is 5.97 Å². The molecule has 2 unspecified atom stereocenters. The van der Waals surface area contributed by atoms with Crippen LogP contribution in [0.15, 0.2) is 72.8 Å². The van der Waals surface area contributed by atoms with Crippen LogP contribution < -0.4 is 10.1 Å². The van der Waals surface area contributed by atoms with Crippen molar-refractivity contribution in [2.24, 2.45) is 17.3 Å². The van der Waals surface area contributed by atoms with Gasteiger partial charge in [-0.1, -0.05) is 126 Å². The molecule has 2 saturated carbocycles. The van der Waals surface area contributed by atoms with Crippen molar-refractivity contribution in [3.63, 3.8) is 0 Å². The van der Waals surface area contributed by atoms with Gasteiger partial charge in [-0.05, 0) is 98.8 Å². The number of para-hydroxylation sites is 1. The predicted octanol–water partition coefficient (Wildman–Crippen LogP) is 11.0. The summed E-state index contributed by atoms with van der Waals surface area (Å²) in [6.07, 6.45) is 31.6. The average molecular weight is 810 g/mol. The third-order valence-electron chi connectivity index (χ3n) is 12.7. The number of fused-ring (bicyclic) bond motifs is 2. The van der Waals surface area contributed by atoms with Crippen molar-refractivity contribution >= 4 is 17.8 Å². The molecular weight excluding hydrogens is 735 g/mol. The average Bonchev–Trinajstić information content (AvgIpc) is 3.23. The molecule has 1 N–H and O–H groups in total. The Morgan fingerprint density at radius 3 is 2.17 bits per heavy atom. The lowest BCUT2D eigenvalue weighted by Crippen LogP contribution is -2.51. The van der Waals surface area contributed by atoms with Gasteiger partial charge in [-0.3, -0.25) is 14.5 Å². The molecule has 2 atom stereocenters. The molecule has 2 bridgehead atoms. The largest absolute Gasteiger partial charge is 0.489 e. The van der Waals surface area contributed by atoms with Gasteiger partial charge in [0.25, 0.3) is 0 Å². The molecule has 8 heteroatoms. The Labute approximate surface area is 356 Å². The van der Waals surface area contributed by atoms with Gasteiger partial charge in [0.2, 0.25) is 11.8 Å². The first-order valence-electron chi connectivity index (χ1n) is 23.3. The number of nitrogens with one attached hydrogen (secondary N) is 1. The monoisotopic (exact) mass is 810 g/mol. The molecule has 3 fully saturated rings. The SMILES string of the molecule is CCCCC/C=C\C/C=C\CCCCCCCCOC(=O)c1ccc(COc2ccccc2CN2CCN(C(=O)CNC(=O)CC3(C)CC4CCCC(C4)C3)CC2)cc1. The van der Waals surface area contributed by atoms with Gasteiger partial charge in [-0.2, -0.15) is 0 Å². The summed E-state index contributed by atoms with van der Waals surface area (Å²) in [5.74, 6) is 2.12. The summed E-state index contributed by atoms with van der Waals surface area (Å²) in [6.45, 7) is 9.01. The fraction of sp³-hybridized carbons (Fsp3) is 0.627. The van der Waals surface area contributed by atoms with Crippen LogP contribution >= 0.6 is 0 Å². The zero-order chi connectivity index (χ0) is 41.5. The van der Waals surface area contributed by atoms with Gasteiger partial charge in [-0.25, -0.2) is 4.79 Å². The maximum Gasteiger partial charge on any atom is 0.338 e. The summed E-state index contributed by atoms with van der Waals surface area (Å²) >= 11 is 0. The normalized spacial score (nSPS) is 20.9. The molecule has 59 heavy (non-hydrogen) atoms. The summed E-state index contributed by atoms with van der Waals surface area (Å²) < 4.78 is 11.8. The Kier molecular flexibility index (Phi) is 20.1. The molecule has 0 spiro atoms. The molecule has 1 heterocycles. The number of benzene rings is 2. The molecule has 3 aliphatic rings. The highest BCUT2D eigenvalue weighted by atomic mass is 16.5. The van der Waals surface area contributed by atoms with Crippen molar-refractivity contribution in [1.29, 1.82) is 0 Å². The molecule has 8 nitrogen and oxygen atoms in total. The lowest BCUT2D eigenvalue weighted by molar-refractivity contribution is -0.135. The number of hydrogen-bond acceptors (Lipinski definition) is 6. The first-order valence-corrected chi connectivity index (χ1v) is 23.3. The second-order valence-corrected chi connectivity index (χ2v) is 18.0. The number of nitrogens with zero attached hydrogens (tertiary/aromatic N) is 2. The van der Waals surface area contributed by atoms with Gasteiger partial charge in [-0.15, -0.1) is 0 Å². The number of esters is 1. The number of amides is 2. The molecule has 0 radical (unpaired) electrons. The topological polar surface area (TPSA) is 88.2 Å². The Bertz CT molecular complexity index is 1600. The third kappa shape index (κ3) is 16.9. The van der Waals surface area contributed by atoms with Crippen molar-refractivity contribution in [3.8, 4) is 5.75 Å². The van der Waals surface area contributed by atoms with Gasteiger partial charge in [0, 0.05) is 44.7 Å². The fourth-order valence-corrected chi connectivity index (χ4v) is 9.54. The number of carbonyl (C=O) groups excluding carboxylic acids is 3. The third-order valence-corrected chi connectivity index (χ3v) is 12.7. The van der Waals surface area contributed by atoms with E-state index >= 15 is 0 Å². The van der Waals surface area contributed by atoms with Crippen molar-refractivity contribution < 1.29 is 23.9 Å². The number of carbonyl (C=O) groups is 3. The molecule has 1 aliphatic heterocycles. The summed E-state index contributed by atoms with van der Waals surface area (Å²) in [6, 6.07) is 15.6. The van der Waals surface area contributed by atoms with Crippen LogP contribution in [-0.4, -0.2) is 66.9 Å². The lowest BCUT2D eigenvalue weighted by Gasteiger charge is -2.45. The number of rotatable bonds is 25. The molecule has 2 aromatic carbocycles. The van der Waals surface area contributed by atoms with E-state index in [4.69, 9.17) is 9.47 Å². The molecule has 5 rings (SSSR count). The maximum absolute atomic E-state index is 13.0. The van der Waals surface area contributed by atoms with Crippen molar-refractivity contribution in [2.45, 2.75) is 149 Å². The second-order valence-electron chi connectivity index (χ2n) is 18.0. The van der Waals surface area contributed by atoms with E-state index in [0.29, 0.717) is 38.3 Å². The summed E-state index contributed by atoms with van der Waals surface area (Å²) in [4.78, 5) is 42.8. The number of ether oxygens (including phenoxy) is 2. The standard InChI is InChI=1S/C51H75N3O5/c1-3-4-5-6-7-8-9-10-11-12-13-14-15-16-17-20-34-58-50(57)45-28-26-42(27-29-45)41-59-47-25-19-18-24-46(47)40-53-30-32-54(33-31-53)49(56)39-52-48(55)38-51(2)36-43-22-21-23-44(35-43)37-51/h7-8,10-11,18-19,24-29,43-44H,3-6,9,12-17,20-23,30-41H2,1-2H3,(H,52,55)/b8-7-,11-10-. The van der Waals surface area contributed by atoms with Crippen LogP contribution in [0.4, 0.5) is 0 Å². The van der Waals surface area contributed by atoms with Crippen LogP contribution in [0.3, 0.4) is 0 Å². The quantitative estimate of drug-likeness (QED) is 0.0610. The minimum absolute atomic E-state index is 0.000841. The van der Waals surface area contributed by atoms with E-state index in [1.807, 2.05) is 47.4 Å². The predicted molar refractivity (Wildman–Crippen MR) is 239 cm³/mol. The van der Waals surface area contributed by atoms with E-state index in [9.17, 15) is 14.4 Å². The first kappa shape index (κ1) is 46.2. The van der Waals surface area contributed by atoms with Crippen molar-refractivity contribution in [3.05, 3.63) is 89.5 Å². The minimum Gasteiger partial charge on any atom is -0.489 e. The zero-order valence-corrected chi connectivity index (χ0v) is 36.6. The highest BCUT2D eigenvalue weighted by Crippen LogP contribution is 2.50. The summed E-state index contributed by atoms with van der Waals surface area (Å²) in [5, 5.41) is 2.95. The highest BCUT2D eigenvalue weighted by molar-refractivity contribution is 5.89. The number of piperazine rings is 1. The van der Waals surface area contributed by atoms with Gasteiger partial charge in [0.05, 0.1) is 18.7 Å². The maximum atomic E-state index is 13.0. The van der Waals surface area contributed by atoms with Crippen molar-refractivity contribution in [1.82, 2.24) is 15.1 Å². The van der Waals surface area contributed by atoms with Gasteiger partial charge in [0.15, 0.2) is 0 Å². The van der Waals surface area contributed by atoms with Crippen molar-refractivity contribution in [2.75, 3.05) is 39.3 Å². The van der Waals surface area contributed by atoms with E-state index in [0.717, 1.165) is 86.9 Å². The van der Waals surface area contributed by atoms with E-state index in [-0.39, 0.29) is 29.7 Å². The van der Waals surface area contributed by atoms with E-state index in [1.54, 1.807) is 0 Å². The minimum atomic E-state index is -0.275. The molecule has 2 amide bonds. The Morgan fingerprint density at radius 1 is 0.797 bits per heavy atom. The highest BCUT2D eigenvalue weighted by Gasteiger charge is 2.40. The molecule has 1 saturated heterocycles. The van der Waals surface area contributed by atoms with Crippen LogP contribution in [0.25, 0.3) is 0 Å². The van der Waals surface area contributed by atoms with Crippen LogP contribution in [0.5, 0.6) is 5.75 Å². The van der Waals surface area contributed by atoms with E-state index in [1.165, 1.54) is 77.0 Å². The Hall–Kier alpha value is -3.91. The molecular formula is C51H75N3O5. The Balaban J connectivity index is 0.907. The smallest absolute Gasteiger partial charge is 0.338 e. The van der Waals surface area contributed by atoms with Crippen LogP contribution in [0.1, 0.15) is 157 Å². The second kappa shape index (κ2) is 25.7. The fourth-order valence-electron chi connectivity index (χ4n) is 9.54. The molecule has 2 aliphatic carbocycles. The Morgan fingerprint density at radius 2 is 1.46 bits per heavy atom. The summed E-state index contributed by atoms with van der Waals surface area (Å²) in [5.41, 5.74) is 2.71. The van der Waals surface area contributed by atoms with Gasteiger partial charge in [0.1, 0.15) is 12.4 Å². The number of unbranched alkanes of at least 4 members (excludes halogenated alkanes) is 9. The van der Waals surface area contributed by atoms with Crippen LogP contribution in [0.2, 0.25) is 0 Å². The lowest BCUT2D eigenvalue weighted by atomic mass is 9.60. The first-order chi connectivity index (χ1) is 28.8.